The first-order valence-electron chi connectivity index (χ1n) is 7.84. The molecule has 1 aromatic carbocycles. The fraction of sp³-hybridized carbons (Fsp3) is 0.294. The van der Waals surface area contributed by atoms with E-state index >= 15 is 0 Å². The van der Waals surface area contributed by atoms with Crippen molar-refractivity contribution in [2.75, 3.05) is 12.4 Å². The number of phenols is 1. The predicted octanol–water partition coefficient (Wildman–Crippen LogP) is 2.99. The van der Waals surface area contributed by atoms with Gasteiger partial charge in [0, 0.05) is 11.0 Å². The summed E-state index contributed by atoms with van der Waals surface area (Å²) in [4.78, 5) is 21.1. The minimum absolute atomic E-state index is 0.0261. The highest BCUT2D eigenvalue weighted by Crippen LogP contribution is 2.35. The van der Waals surface area contributed by atoms with Gasteiger partial charge in [-0.15, -0.1) is 0 Å². The summed E-state index contributed by atoms with van der Waals surface area (Å²) in [7, 11) is 1.43. The van der Waals surface area contributed by atoms with Gasteiger partial charge in [-0.3, -0.25) is 10.1 Å². The largest absolute Gasteiger partial charge is 0.504 e. The van der Waals surface area contributed by atoms with Gasteiger partial charge in [0.1, 0.15) is 17.7 Å². The van der Waals surface area contributed by atoms with Gasteiger partial charge in [-0.1, -0.05) is 32.1 Å². The lowest BCUT2D eigenvalue weighted by atomic mass is 9.92. The van der Waals surface area contributed by atoms with Crippen molar-refractivity contribution in [2.45, 2.75) is 26.2 Å². The van der Waals surface area contributed by atoms with Crippen molar-refractivity contribution in [1.82, 2.24) is 19.7 Å². The van der Waals surface area contributed by atoms with Crippen LogP contribution in [0.3, 0.4) is 0 Å². The molecule has 8 nitrogen and oxygen atoms in total. The standard InChI is InChI=1S/C17H19N5O3S/c1-17(2,3)13-15(22-9-18-8-19-22)26-16(20-13)21-14(24)10-5-6-11(23)12(7-10)25-4/h5-9,23H,1-4H3,(H,20,21,24). The number of aromatic nitrogens is 4. The van der Waals surface area contributed by atoms with Gasteiger partial charge >= 0.3 is 0 Å². The molecule has 136 valence electrons. The number of hydrogen-bond acceptors (Lipinski definition) is 7. The fourth-order valence-corrected chi connectivity index (χ4v) is 3.41. The molecule has 0 aliphatic heterocycles. The highest BCUT2D eigenvalue weighted by atomic mass is 32.1. The van der Waals surface area contributed by atoms with Crippen molar-refractivity contribution < 1.29 is 14.6 Å². The second kappa shape index (κ2) is 6.75. The average molecular weight is 373 g/mol. The molecule has 3 rings (SSSR count). The Bertz CT molecular complexity index is 929. The van der Waals surface area contributed by atoms with Crippen molar-refractivity contribution >= 4 is 22.4 Å². The van der Waals surface area contributed by atoms with Gasteiger partial charge in [0.05, 0.1) is 12.8 Å². The summed E-state index contributed by atoms with van der Waals surface area (Å²) in [5, 5.41) is 17.9. The molecule has 0 bridgehead atoms. The summed E-state index contributed by atoms with van der Waals surface area (Å²) in [5.74, 6) is -0.139. The van der Waals surface area contributed by atoms with Crippen LogP contribution in [-0.4, -0.2) is 37.9 Å². The molecule has 0 unspecified atom stereocenters. The highest BCUT2D eigenvalue weighted by molar-refractivity contribution is 7.18. The lowest BCUT2D eigenvalue weighted by molar-refractivity contribution is 0.102. The third-order valence-corrected chi connectivity index (χ3v) is 4.57. The first kappa shape index (κ1) is 17.9. The number of nitrogens with zero attached hydrogens (tertiary/aromatic N) is 4. The SMILES string of the molecule is COc1cc(C(=O)Nc2nc(C(C)(C)C)c(-n3cncn3)s2)ccc1O. The van der Waals surface area contributed by atoms with Gasteiger partial charge in [0.25, 0.3) is 5.91 Å². The number of methoxy groups -OCH3 is 1. The van der Waals surface area contributed by atoms with Crippen molar-refractivity contribution in [3.63, 3.8) is 0 Å². The number of amides is 1. The topological polar surface area (TPSA) is 102 Å². The Kier molecular flexibility index (Phi) is 4.64. The van der Waals surface area contributed by atoms with E-state index in [2.05, 4.69) is 20.4 Å². The Morgan fingerprint density at radius 3 is 2.73 bits per heavy atom. The molecule has 0 aliphatic rings. The van der Waals surface area contributed by atoms with Crippen LogP contribution in [0.5, 0.6) is 11.5 Å². The lowest BCUT2D eigenvalue weighted by Gasteiger charge is -2.16. The monoisotopic (exact) mass is 373 g/mol. The van der Waals surface area contributed by atoms with Crippen molar-refractivity contribution in [3.05, 3.63) is 42.1 Å². The molecule has 0 saturated heterocycles. The normalized spacial score (nSPS) is 11.4. The maximum Gasteiger partial charge on any atom is 0.257 e. The van der Waals surface area contributed by atoms with E-state index in [4.69, 9.17) is 4.74 Å². The number of hydrogen-bond donors (Lipinski definition) is 2. The molecule has 2 heterocycles. The Labute approximate surface area is 154 Å². The smallest absolute Gasteiger partial charge is 0.257 e. The van der Waals surface area contributed by atoms with Crippen LogP contribution in [0.15, 0.2) is 30.9 Å². The maximum absolute atomic E-state index is 12.5. The summed E-state index contributed by atoms with van der Waals surface area (Å²) in [6.07, 6.45) is 3.05. The van der Waals surface area contributed by atoms with E-state index in [-0.39, 0.29) is 22.8 Å². The van der Waals surface area contributed by atoms with Gasteiger partial charge < -0.3 is 9.84 Å². The summed E-state index contributed by atoms with van der Waals surface area (Å²) >= 11 is 1.32. The van der Waals surface area contributed by atoms with Crippen LogP contribution in [0.25, 0.3) is 5.00 Å². The quantitative estimate of drug-likeness (QED) is 0.729. The zero-order chi connectivity index (χ0) is 18.9. The fourth-order valence-electron chi connectivity index (χ4n) is 2.31. The zero-order valence-corrected chi connectivity index (χ0v) is 15.7. The van der Waals surface area contributed by atoms with Crippen LogP contribution in [-0.2, 0) is 5.41 Å². The Balaban J connectivity index is 1.92. The number of phenolic OH excluding ortho intramolecular Hbond substituents is 1. The Morgan fingerprint density at radius 1 is 1.35 bits per heavy atom. The van der Waals surface area contributed by atoms with E-state index in [9.17, 15) is 9.90 Å². The van der Waals surface area contributed by atoms with Gasteiger partial charge in [-0.25, -0.2) is 14.6 Å². The Morgan fingerprint density at radius 2 is 2.12 bits per heavy atom. The number of nitrogens with one attached hydrogen (secondary N) is 1. The molecule has 0 saturated carbocycles. The van der Waals surface area contributed by atoms with Crippen LogP contribution in [0, 0.1) is 0 Å². The summed E-state index contributed by atoms with van der Waals surface area (Å²) in [6.45, 7) is 6.12. The molecular formula is C17H19N5O3S. The van der Waals surface area contributed by atoms with E-state index in [1.807, 2.05) is 20.8 Å². The van der Waals surface area contributed by atoms with E-state index in [0.717, 1.165) is 10.7 Å². The maximum atomic E-state index is 12.5. The second-order valence-corrected chi connectivity index (χ2v) is 7.58. The number of rotatable bonds is 4. The third kappa shape index (κ3) is 3.52. The highest BCUT2D eigenvalue weighted by Gasteiger charge is 2.25. The zero-order valence-electron chi connectivity index (χ0n) is 14.8. The molecule has 1 amide bonds. The van der Waals surface area contributed by atoms with Crippen molar-refractivity contribution in [3.8, 4) is 16.5 Å². The van der Waals surface area contributed by atoms with Crippen LogP contribution >= 0.6 is 11.3 Å². The van der Waals surface area contributed by atoms with Crippen LogP contribution in [0.2, 0.25) is 0 Å². The number of thiazole rings is 1. The molecule has 0 atom stereocenters. The summed E-state index contributed by atoms with van der Waals surface area (Å²) in [6, 6.07) is 4.40. The molecular weight excluding hydrogens is 354 g/mol. The van der Waals surface area contributed by atoms with E-state index in [1.54, 1.807) is 11.0 Å². The molecule has 0 aliphatic carbocycles. The number of anilines is 1. The molecule has 0 spiro atoms. The van der Waals surface area contributed by atoms with Gasteiger partial charge in [-0.05, 0) is 18.2 Å². The second-order valence-electron chi connectivity index (χ2n) is 6.60. The number of aromatic hydroxyl groups is 1. The molecule has 26 heavy (non-hydrogen) atoms. The first-order chi connectivity index (χ1) is 12.3. The molecule has 2 N–H and O–H groups in total. The average Bonchev–Trinajstić information content (AvgIpc) is 3.23. The van der Waals surface area contributed by atoms with E-state index in [1.165, 1.54) is 43.0 Å². The lowest BCUT2D eigenvalue weighted by Crippen LogP contribution is -2.16. The minimum Gasteiger partial charge on any atom is -0.504 e. The number of carbonyl (C=O) groups is 1. The molecule has 9 heteroatoms. The van der Waals surface area contributed by atoms with Crippen LogP contribution in [0.4, 0.5) is 5.13 Å². The Hall–Kier alpha value is -2.94. The first-order valence-corrected chi connectivity index (χ1v) is 8.66. The number of ether oxygens (including phenoxy) is 1. The van der Waals surface area contributed by atoms with Crippen molar-refractivity contribution in [1.29, 1.82) is 0 Å². The third-order valence-electron chi connectivity index (χ3n) is 3.61. The number of carbonyl (C=O) groups excluding carboxylic acids is 1. The van der Waals surface area contributed by atoms with Gasteiger partial charge in [0.2, 0.25) is 0 Å². The molecule has 3 aromatic rings. The van der Waals surface area contributed by atoms with E-state index < -0.39 is 0 Å². The van der Waals surface area contributed by atoms with Crippen molar-refractivity contribution in [2.24, 2.45) is 0 Å². The van der Waals surface area contributed by atoms with Gasteiger partial charge in [0.15, 0.2) is 16.6 Å². The van der Waals surface area contributed by atoms with Crippen LogP contribution < -0.4 is 10.1 Å². The summed E-state index contributed by atoms with van der Waals surface area (Å²) < 4.78 is 6.68. The molecule has 2 aromatic heterocycles. The molecule has 0 fully saturated rings. The van der Waals surface area contributed by atoms with E-state index in [0.29, 0.717) is 10.7 Å². The van der Waals surface area contributed by atoms with Crippen LogP contribution in [0.1, 0.15) is 36.8 Å². The predicted molar refractivity (Wildman–Crippen MR) is 98.3 cm³/mol. The minimum atomic E-state index is -0.345. The summed E-state index contributed by atoms with van der Waals surface area (Å²) in [5.41, 5.74) is 0.934. The number of benzene rings is 1. The molecule has 0 radical (unpaired) electrons. The van der Waals surface area contributed by atoms with Gasteiger partial charge in [-0.2, -0.15) is 5.10 Å².